The standard InChI is InChI=1S/C13H9N3/c1-2-4-10(5-3-1)8-11-6-7-12-13(9-11)15-16-14-12/h1-9H. The number of hydrogen-bond acceptors (Lipinski definition) is 3. The lowest BCUT2D eigenvalue weighted by Crippen LogP contribution is -2.06. The third-order valence-corrected chi connectivity index (χ3v) is 2.44. The minimum atomic E-state index is 0.838. The van der Waals surface area contributed by atoms with Crippen LogP contribution in [0.4, 0.5) is 5.69 Å². The summed E-state index contributed by atoms with van der Waals surface area (Å²) in [7, 11) is 0. The van der Waals surface area contributed by atoms with E-state index in [-0.39, 0.29) is 0 Å². The van der Waals surface area contributed by atoms with E-state index in [1.54, 1.807) is 0 Å². The predicted molar refractivity (Wildman–Crippen MR) is 61.7 cm³/mol. The van der Waals surface area contributed by atoms with Gasteiger partial charge in [0.2, 0.25) is 0 Å². The van der Waals surface area contributed by atoms with E-state index in [2.05, 4.69) is 33.6 Å². The Morgan fingerprint density at radius 1 is 0.938 bits per heavy atom. The Morgan fingerprint density at radius 3 is 2.69 bits per heavy atom. The molecule has 1 aliphatic heterocycles. The second-order valence-electron chi connectivity index (χ2n) is 3.59. The molecule has 2 aromatic carbocycles. The minimum Gasteiger partial charge on any atom is -0.128 e. The van der Waals surface area contributed by atoms with Gasteiger partial charge in [-0.3, -0.25) is 0 Å². The fourth-order valence-corrected chi connectivity index (χ4v) is 1.66. The fourth-order valence-electron chi connectivity index (χ4n) is 1.66. The van der Waals surface area contributed by atoms with Crippen molar-refractivity contribution in [3.8, 4) is 0 Å². The van der Waals surface area contributed by atoms with Crippen molar-refractivity contribution in [1.29, 1.82) is 0 Å². The minimum absolute atomic E-state index is 0.838. The maximum Gasteiger partial charge on any atom is 0.116 e. The molecule has 0 fully saturated rings. The zero-order valence-electron chi connectivity index (χ0n) is 8.54. The van der Waals surface area contributed by atoms with Crippen molar-refractivity contribution in [2.75, 3.05) is 0 Å². The first-order valence-corrected chi connectivity index (χ1v) is 5.07. The Bertz CT molecular complexity index is 657. The number of hydrogen-bond donors (Lipinski definition) is 0. The van der Waals surface area contributed by atoms with E-state index in [4.69, 9.17) is 0 Å². The molecule has 0 unspecified atom stereocenters. The van der Waals surface area contributed by atoms with Gasteiger partial charge in [-0.2, -0.15) is 0 Å². The molecule has 0 aromatic heterocycles. The van der Waals surface area contributed by atoms with Gasteiger partial charge in [0.05, 0.1) is 0 Å². The second kappa shape index (κ2) is 3.70. The Balaban J connectivity index is 2.12. The normalized spacial score (nSPS) is 13.6. The van der Waals surface area contributed by atoms with Crippen LogP contribution in [0.25, 0.3) is 6.08 Å². The van der Waals surface area contributed by atoms with Crippen LogP contribution < -0.4 is 10.6 Å². The lowest BCUT2D eigenvalue weighted by Gasteiger charge is -1.92. The molecule has 0 radical (unpaired) electrons. The van der Waals surface area contributed by atoms with Gasteiger partial charge in [0.25, 0.3) is 0 Å². The van der Waals surface area contributed by atoms with Gasteiger partial charge >= 0.3 is 0 Å². The summed E-state index contributed by atoms with van der Waals surface area (Å²) < 4.78 is 0. The Morgan fingerprint density at radius 2 is 1.81 bits per heavy atom. The van der Waals surface area contributed by atoms with Crippen molar-refractivity contribution in [2.24, 2.45) is 15.4 Å². The van der Waals surface area contributed by atoms with Crippen molar-refractivity contribution < 1.29 is 0 Å². The van der Waals surface area contributed by atoms with Gasteiger partial charge in [0, 0.05) is 0 Å². The van der Waals surface area contributed by atoms with Crippen molar-refractivity contribution in [1.82, 2.24) is 0 Å². The molecule has 3 rings (SSSR count). The molecule has 0 N–H and O–H groups in total. The average Bonchev–Trinajstić information content (AvgIpc) is 2.77. The Labute approximate surface area is 92.5 Å². The van der Waals surface area contributed by atoms with Gasteiger partial charge in [-0.15, -0.1) is 10.2 Å². The maximum atomic E-state index is 3.94. The van der Waals surface area contributed by atoms with E-state index in [1.807, 2.05) is 36.4 Å². The molecule has 0 saturated heterocycles. The highest BCUT2D eigenvalue weighted by Gasteiger charge is 1.99. The monoisotopic (exact) mass is 207 g/mol. The van der Waals surface area contributed by atoms with Crippen LogP contribution in [0, 0.1) is 0 Å². The van der Waals surface area contributed by atoms with Gasteiger partial charge in [-0.25, -0.2) is 0 Å². The van der Waals surface area contributed by atoms with Crippen LogP contribution >= 0.6 is 0 Å². The molecule has 1 aliphatic rings. The predicted octanol–water partition coefficient (Wildman–Crippen LogP) is 2.15. The van der Waals surface area contributed by atoms with Crippen molar-refractivity contribution in [2.45, 2.75) is 0 Å². The molecule has 3 nitrogen and oxygen atoms in total. The number of nitrogens with zero attached hydrogens (tertiary/aromatic N) is 3. The molecule has 3 heteroatoms. The van der Waals surface area contributed by atoms with Gasteiger partial charge < -0.3 is 0 Å². The zero-order chi connectivity index (χ0) is 10.8. The summed E-state index contributed by atoms with van der Waals surface area (Å²) >= 11 is 0. The summed E-state index contributed by atoms with van der Waals surface area (Å²) in [4.78, 5) is 0. The number of fused-ring (bicyclic) bond motifs is 1. The molecule has 76 valence electrons. The van der Waals surface area contributed by atoms with Crippen LogP contribution in [0.15, 0.2) is 64.0 Å². The van der Waals surface area contributed by atoms with E-state index in [9.17, 15) is 0 Å². The van der Waals surface area contributed by atoms with Crippen LogP contribution in [0.1, 0.15) is 5.56 Å². The first-order valence-electron chi connectivity index (χ1n) is 5.07. The molecule has 0 spiro atoms. The molecule has 0 amide bonds. The summed E-state index contributed by atoms with van der Waals surface area (Å²) in [5.41, 5.74) is 2.01. The van der Waals surface area contributed by atoms with Gasteiger partial charge in [-0.1, -0.05) is 36.4 Å². The summed E-state index contributed by atoms with van der Waals surface area (Å²) in [6, 6.07) is 16.1. The lowest BCUT2D eigenvalue weighted by molar-refractivity contribution is 1.08. The lowest BCUT2D eigenvalue weighted by atomic mass is 10.1. The van der Waals surface area contributed by atoms with E-state index >= 15 is 0 Å². The SMILES string of the molecule is C(c1ccccc1)=c1ccc2c(c1)N=NN=2. The van der Waals surface area contributed by atoms with E-state index < -0.39 is 0 Å². The third-order valence-electron chi connectivity index (χ3n) is 2.44. The molecule has 0 aliphatic carbocycles. The van der Waals surface area contributed by atoms with E-state index in [1.165, 1.54) is 5.56 Å². The summed E-state index contributed by atoms with van der Waals surface area (Å²) in [5, 5.41) is 13.4. The highest BCUT2D eigenvalue weighted by molar-refractivity contribution is 5.51. The van der Waals surface area contributed by atoms with E-state index in [0.29, 0.717) is 0 Å². The molecular formula is C13H9N3. The van der Waals surface area contributed by atoms with Crippen LogP contribution in [0.2, 0.25) is 0 Å². The molecule has 1 heterocycles. The fraction of sp³-hybridized carbons (Fsp3) is 0. The second-order valence-corrected chi connectivity index (χ2v) is 3.59. The van der Waals surface area contributed by atoms with Crippen LogP contribution in [0.3, 0.4) is 0 Å². The summed E-state index contributed by atoms with van der Waals surface area (Å²) in [5.74, 6) is 0. The van der Waals surface area contributed by atoms with Gasteiger partial charge in [0.1, 0.15) is 11.0 Å². The number of benzene rings is 2. The molecule has 2 aromatic rings. The van der Waals surface area contributed by atoms with E-state index in [0.717, 1.165) is 16.3 Å². The van der Waals surface area contributed by atoms with Crippen molar-refractivity contribution in [3.05, 3.63) is 64.7 Å². The van der Waals surface area contributed by atoms with Gasteiger partial charge in [0.15, 0.2) is 0 Å². The quantitative estimate of drug-likeness (QED) is 0.687. The smallest absolute Gasteiger partial charge is 0.116 e. The van der Waals surface area contributed by atoms with Crippen molar-refractivity contribution >= 4 is 11.8 Å². The largest absolute Gasteiger partial charge is 0.128 e. The van der Waals surface area contributed by atoms with Crippen LogP contribution in [-0.2, 0) is 0 Å². The van der Waals surface area contributed by atoms with Crippen LogP contribution in [0.5, 0.6) is 0 Å². The molecular weight excluding hydrogens is 198 g/mol. The molecule has 0 bridgehead atoms. The Kier molecular flexibility index (Phi) is 2.07. The highest BCUT2D eigenvalue weighted by Crippen LogP contribution is 2.07. The maximum absolute atomic E-state index is 3.94. The summed E-state index contributed by atoms with van der Waals surface area (Å²) in [6.07, 6.45) is 2.11. The molecule has 0 atom stereocenters. The number of rotatable bonds is 1. The highest BCUT2D eigenvalue weighted by atomic mass is 15.4. The first kappa shape index (κ1) is 8.97. The molecule has 0 saturated carbocycles. The third kappa shape index (κ3) is 1.63. The van der Waals surface area contributed by atoms with Gasteiger partial charge in [-0.05, 0) is 34.2 Å². The molecule has 16 heavy (non-hydrogen) atoms. The Hall–Kier alpha value is -2.29. The zero-order valence-corrected chi connectivity index (χ0v) is 8.54. The van der Waals surface area contributed by atoms with Crippen LogP contribution in [-0.4, -0.2) is 0 Å². The average molecular weight is 207 g/mol. The summed E-state index contributed by atoms with van der Waals surface area (Å²) in [6.45, 7) is 0. The first-order chi connectivity index (χ1) is 7.92. The van der Waals surface area contributed by atoms with Crippen molar-refractivity contribution in [3.63, 3.8) is 0 Å². The topological polar surface area (TPSA) is 37.1 Å².